The first kappa shape index (κ1) is 22.3. The number of hydrogen-bond donors (Lipinski definition) is 3. The third-order valence-electron chi connectivity index (χ3n) is 6.43. The summed E-state index contributed by atoms with van der Waals surface area (Å²) in [6, 6.07) is 19.0. The average molecular weight is 445 g/mol. The molecule has 1 saturated heterocycles. The maximum Gasteiger partial charge on any atom is 0.322 e. The minimum atomic E-state index is -1.09. The van der Waals surface area contributed by atoms with Gasteiger partial charge in [0.2, 0.25) is 0 Å². The van der Waals surface area contributed by atoms with Gasteiger partial charge < -0.3 is 15.2 Å². The summed E-state index contributed by atoms with van der Waals surface area (Å²) < 4.78 is 2.18. The summed E-state index contributed by atoms with van der Waals surface area (Å²) in [6.45, 7) is 8.13. The maximum absolute atomic E-state index is 12.9. The van der Waals surface area contributed by atoms with Crippen molar-refractivity contribution in [1.29, 1.82) is 0 Å². The SMILES string of the molecule is Cc1cc(C(=O)NCc2ccc([C@]3(C)NC(=O)NC3=O)cc2)c(C)n1[C@@H](C)c1ccccc1. The number of benzene rings is 2. The van der Waals surface area contributed by atoms with Crippen LogP contribution in [0, 0.1) is 13.8 Å². The summed E-state index contributed by atoms with van der Waals surface area (Å²) in [5.74, 6) is -0.512. The predicted molar refractivity (Wildman–Crippen MR) is 126 cm³/mol. The summed E-state index contributed by atoms with van der Waals surface area (Å²) in [7, 11) is 0. The van der Waals surface area contributed by atoms with Gasteiger partial charge in [-0.05, 0) is 50.5 Å². The van der Waals surface area contributed by atoms with Crippen molar-refractivity contribution < 1.29 is 14.4 Å². The van der Waals surface area contributed by atoms with E-state index in [1.165, 1.54) is 5.56 Å². The van der Waals surface area contributed by atoms with Crippen LogP contribution in [0.1, 0.15) is 58.3 Å². The molecule has 0 unspecified atom stereocenters. The molecule has 33 heavy (non-hydrogen) atoms. The molecule has 0 saturated carbocycles. The third-order valence-corrected chi connectivity index (χ3v) is 6.43. The third kappa shape index (κ3) is 4.14. The highest BCUT2D eigenvalue weighted by Gasteiger charge is 2.43. The topological polar surface area (TPSA) is 92.2 Å². The Balaban J connectivity index is 1.45. The van der Waals surface area contributed by atoms with Gasteiger partial charge in [-0.2, -0.15) is 0 Å². The van der Waals surface area contributed by atoms with Crippen molar-refractivity contribution in [2.45, 2.75) is 45.8 Å². The Morgan fingerprint density at radius 2 is 1.73 bits per heavy atom. The van der Waals surface area contributed by atoms with Crippen molar-refractivity contribution in [3.63, 3.8) is 0 Å². The van der Waals surface area contributed by atoms with E-state index >= 15 is 0 Å². The number of amides is 4. The Morgan fingerprint density at radius 1 is 1.06 bits per heavy atom. The van der Waals surface area contributed by atoms with Crippen molar-refractivity contribution in [2.75, 3.05) is 0 Å². The van der Waals surface area contributed by atoms with E-state index < -0.39 is 11.6 Å². The van der Waals surface area contributed by atoms with Gasteiger partial charge in [-0.25, -0.2) is 4.79 Å². The smallest absolute Gasteiger partial charge is 0.322 e. The summed E-state index contributed by atoms with van der Waals surface area (Å²) in [5.41, 5.74) is 4.28. The summed E-state index contributed by atoms with van der Waals surface area (Å²) >= 11 is 0. The van der Waals surface area contributed by atoms with Gasteiger partial charge in [-0.3, -0.25) is 14.9 Å². The lowest BCUT2D eigenvalue weighted by molar-refractivity contribution is -0.123. The zero-order valence-electron chi connectivity index (χ0n) is 19.2. The highest BCUT2D eigenvalue weighted by atomic mass is 16.2. The molecule has 4 rings (SSSR count). The number of aromatic nitrogens is 1. The first-order chi connectivity index (χ1) is 15.7. The van der Waals surface area contributed by atoms with Gasteiger partial charge in [0.15, 0.2) is 0 Å². The Bertz CT molecular complexity index is 1210. The first-order valence-corrected chi connectivity index (χ1v) is 11.0. The fourth-order valence-electron chi connectivity index (χ4n) is 4.46. The van der Waals surface area contributed by atoms with Gasteiger partial charge in [-0.1, -0.05) is 54.6 Å². The molecule has 1 aliphatic rings. The zero-order valence-corrected chi connectivity index (χ0v) is 19.2. The van der Waals surface area contributed by atoms with Crippen LogP contribution in [0.15, 0.2) is 60.7 Å². The number of imide groups is 1. The minimum absolute atomic E-state index is 0.120. The van der Waals surface area contributed by atoms with E-state index in [0.717, 1.165) is 17.0 Å². The van der Waals surface area contributed by atoms with Crippen LogP contribution in [0.25, 0.3) is 0 Å². The normalized spacial score (nSPS) is 18.5. The molecule has 1 aliphatic heterocycles. The van der Waals surface area contributed by atoms with Crippen molar-refractivity contribution in [1.82, 2.24) is 20.5 Å². The van der Waals surface area contributed by atoms with Gasteiger partial charge >= 0.3 is 6.03 Å². The standard InChI is InChI=1S/C26H28N4O3/c1-16-14-22(18(3)30(16)17(2)20-8-6-5-7-9-20)23(31)27-15-19-10-12-21(13-11-19)26(4)24(32)28-25(33)29-26/h5-14,17H,15H2,1-4H3,(H,27,31)(H2,28,29,32,33)/t17-,26-/m0/s1. The number of nitrogens with zero attached hydrogens (tertiary/aromatic N) is 1. The number of nitrogens with one attached hydrogen (secondary N) is 3. The molecule has 2 aromatic carbocycles. The maximum atomic E-state index is 12.9. The van der Waals surface area contributed by atoms with Crippen LogP contribution in [0.2, 0.25) is 0 Å². The van der Waals surface area contributed by atoms with E-state index in [1.54, 1.807) is 19.1 Å². The van der Waals surface area contributed by atoms with Gasteiger partial charge in [0, 0.05) is 17.9 Å². The van der Waals surface area contributed by atoms with E-state index in [-0.39, 0.29) is 17.9 Å². The second-order valence-corrected chi connectivity index (χ2v) is 8.65. The average Bonchev–Trinajstić information content (AvgIpc) is 3.26. The lowest BCUT2D eigenvalue weighted by Crippen LogP contribution is -2.40. The Labute approximate surface area is 193 Å². The number of carbonyl (C=O) groups is 3. The van der Waals surface area contributed by atoms with E-state index in [4.69, 9.17) is 0 Å². The fraction of sp³-hybridized carbons (Fsp3) is 0.269. The lowest BCUT2D eigenvalue weighted by atomic mass is 9.91. The van der Waals surface area contributed by atoms with E-state index in [0.29, 0.717) is 17.7 Å². The molecule has 0 radical (unpaired) electrons. The van der Waals surface area contributed by atoms with Crippen LogP contribution in [-0.4, -0.2) is 22.4 Å². The molecular weight excluding hydrogens is 416 g/mol. The molecule has 1 aromatic heterocycles. The largest absolute Gasteiger partial charge is 0.348 e. The first-order valence-electron chi connectivity index (χ1n) is 11.0. The van der Waals surface area contributed by atoms with E-state index in [1.807, 2.05) is 50.2 Å². The molecule has 0 spiro atoms. The molecule has 4 amide bonds. The number of urea groups is 1. The lowest BCUT2D eigenvalue weighted by Gasteiger charge is -2.21. The molecule has 0 bridgehead atoms. The molecule has 7 nitrogen and oxygen atoms in total. The van der Waals surface area contributed by atoms with E-state index in [9.17, 15) is 14.4 Å². The zero-order chi connectivity index (χ0) is 23.8. The van der Waals surface area contributed by atoms with Gasteiger partial charge in [0.05, 0.1) is 11.6 Å². The van der Waals surface area contributed by atoms with Gasteiger partial charge in [0.25, 0.3) is 11.8 Å². The van der Waals surface area contributed by atoms with Crippen LogP contribution in [0.3, 0.4) is 0 Å². The second kappa shape index (κ2) is 8.58. The number of carbonyl (C=O) groups excluding carboxylic acids is 3. The molecule has 2 atom stereocenters. The van der Waals surface area contributed by atoms with Crippen molar-refractivity contribution >= 4 is 17.8 Å². The van der Waals surface area contributed by atoms with Crippen LogP contribution < -0.4 is 16.0 Å². The molecule has 0 aliphatic carbocycles. The monoisotopic (exact) mass is 444 g/mol. The molecule has 2 heterocycles. The van der Waals surface area contributed by atoms with Crippen LogP contribution in [-0.2, 0) is 16.9 Å². The highest BCUT2D eigenvalue weighted by Crippen LogP contribution is 2.26. The Morgan fingerprint density at radius 3 is 2.33 bits per heavy atom. The van der Waals surface area contributed by atoms with Crippen LogP contribution >= 0.6 is 0 Å². The predicted octanol–water partition coefficient (Wildman–Crippen LogP) is 3.70. The number of aryl methyl sites for hydroxylation is 1. The molecule has 1 fully saturated rings. The van der Waals surface area contributed by atoms with Crippen molar-refractivity contribution in [3.8, 4) is 0 Å². The summed E-state index contributed by atoms with van der Waals surface area (Å²) in [6.07, 6.45) is 0. The van der Waals surface area contributed by atoms with Crippen LogP contribution in [0.4, 0.5) is 4.79 Å². The molecule has 170 valence electrons. The molecule has 3 N–H and O–H groups in total. The molecular formula is C26H28N4O3. The van der Waals surface area contributed by atoms with Crippen LogP contribution in [0.5, 0.6) is 0 Å². The summed E-state index contributed by atoms with van der Waals surface area (Å²) in [4.78, 5) is 36.6. The quantitative estimate of drug-likeness (QED) is 0.506. The van der Waals surface area contributed by atoms with Gasteiger partial charge in [0.1, 0.15) is 5.54 Å². The Kier molecular flexibility index (Phi) is 5.80. The van der Waals surface area contributed by atoms with Crippen molar-refractivity contribution in [3.05, 3.63) is 94.3 Å². The highest BCUT2D eigenvalue weighted by molar-refractivity contribution is 6.07. The second-order valence-electron chi connectivity index (χ2n) is 8.65. The number of rotatable bonds is 6. The molecule has 3 aromatic rings. The summed E-state index contributed by atoms with van der Waals surface area (Å²) in [5, 5.41) is 7.90. The fourth-order valence-corrected chi connectivity index (χ4v) is 4.46. The Hall–Kier alpha value is -3.87. The minimum Gasteiger partial charge on any atom is -0.348 e. The van der Waals surface area contributed by atoms with Gasteiger partial charge in [-0.15, -0.1) is 0 Å². The van der Waals surface area contributed by atoms with E-state index in [2.05, 4.69) is 39.6 Å². The van der Waals surface area contributed by atoms with Crippen molar-refractivity contribution in [2.24, 2.45) is 0 Å². The number of hydrogen-bond acceptors (Lipinski definition) is 3. The molecule has 7 heteroatoms.